The van der Waals surface area contributed by atoms with Crippen LogP contribution in [0.2, 0.25) is 0 Å². The number of carbonyl (C=O) groups excluding carboxylic acids is 1. The zero-order chi connectivity index (χ0) is 16.9. The van der Waals surface area contributed by atoms with Crippen molar-refractivity contribution in [1.82, 2.24) is 14.8 Å². The van der Waals surface area contributed by atoms with Crippen molar-refractivity contribution in [3.05, 3.63) is 30.1 Å². The Balaban J connectivity index is 1.87. The summed E-state index contributed by atoms with van der Waals surface area (Å²) in [6.07, 6.45) is 4.37. The number of nitrogens with zero attached hydrogens (tertiary/aromatic N) is 3. The van der Waals surface area contributed by atoms with Crippen molar-refractivity contribution in [2.24, 2.45) is 5.73 Å². The van der Waals surface area contributed by atoms with Gasteiger partial charge < -0.3 is 15.4 Å². The lowest BCUT2D eigenvalue weighted by molar-refractivity contribution is 0.00498. The highest BCUT2D eigenvalue weighted by Crippen LogP contribution is 2.15. The van der Waals surface area contributed by atoms with Crippen LogP contribution < -0.4 is 5.73 Å². The van der Waals surface area contributed by atoms with Crippen LogP contribution in [0.4, 0.5) is 4.79 Å². The number of piperazine rings is 1. The van der Waals surface area contributed by atoms with E-state index in [1.54, 1.807) is 11.1 Å². The largest absolute Gasteiger partial charge is 0.444 e. The minimum Gasteiger partial charge on any atom is -0.444 e. The zero-order valence-electron chi connectivity index (χ0n) is 14.4. The number of ether oxygens (including phenoxy) is 1. The predicted octanol–water partition coefficient (Wildman–Crippen LogP) is 1.50. The van der Waals surface area contributed by atoms with Crippen molar-refractivity contribution in [1.29, 1.82) is 0 Å². The van der Waals surface area contributed by atoms with Crippen molar-refractivity contribution in [3.8, 4) is 0 Å². The van der Waals surface area contributed by atoms with E-state index >= 15 is 0 Å². The molecule has 1 aliphatic rings. The number of aromatic nitrogens is 1. The molecule has 1 amide bonds. The molecule has 6 heteroatoms. The second kappa shape index (κ2) is 7.75. The van der Waals surface area contributed by atoms with Crippen molar-refractivity contribution in [2.75, 3.05) is 32.7 Å². The van der Waals surface area contributed by atoms with E-state index in [2.05, 4.69) is 16.0 Å². The topological polar surface area (TPSA) is 71.7 Å². The Morgan fingerprint density at radius 2 is 2.22 bits per heavy atom. The van der Waals surface area contributed by atoms with Gasteiger partial charge in [-0.3, -0.25) is 9.88 Å². The van der Waals surface area contributed by atoms with Gasteiger partial charge >= 0.3 is 6.09 Å². The van der Waals surface area contributed by atoms with Crippen LogP contribution in [0.1, 0.15) is 26.3 Å². The zero-order valence-corrected chi connectivity index (χ0v) is 14.4. The van der Waals surface area contributed by atoms with Gasteiger partial charge in [-0.1, -0.05) is 6.07 Å². The number of hydrogen-bond donors (Lipinski definition) is 1. The fourth-order valence-corrected chi connectivity index (χ4v) is 2.72. The Labute approximate surface area is 138 Å². The SMILES string of the molecule is CC(C)(C)OC(=O)N1CCN(CCc2cccnc2)C(CN)C1. The molecule has 6 nitrogen and oxygen atoms in total. The van der Waals surface area contributed by atoms with E-state index in [1.807, 2.05) is 33.0 Å². The number of hydrogen-bond acceptors (Lipinski definition) is 5. The highest BCUT2D eigenvalue weighted by Gasteiger charge is 2.30. The minimum atomic E-state index is -0.466. The van der Waals surface area contributed by atoms with Gasteiger partial charge in [0.2, 0.25) is 0 Å². The number of nitrogens with two attached hydrogens (primary N) is 1. The molecule has 1 atom stereocenters. The molecule has 1 aromatic rings. The summed E-state index contributed by atoms with van der Waals surface area (Å²) < 4.78 is 5.45. The first kappa shape index (κ1) is 17.7. The molecule has 2 N–H and O–H groups in total. The second-order valence-corrected chi connectivity index (χ2v) is 6.96. The van der Waals surface area contributed by atoms with Gasteiger partial charge in [-0.15, -0.1) is 0 Å². The average Bonchev–Trinajstić information content (AvgIpc) is 2.52. The molecular weight excluding hydrogens is 292 g/mol. The molecule has 1 aliphatic heterocycles. The van der Waals surface area contributed by atoms with E-state index in [9.17, 15) is 4.79 Å². The number of carbonyl (C=O) groups is 1. The third-order valence-electron chi connectivity index (χ3n) is 3.94. The maximum absolute atomic E-state index is 12.2. The van der Waals surface area contributed by atoms with Crippen LogP contribution >= 0.6 is 0 Å². The average molecular weight is 320 g/mol. The Morgan fingerprint density at radius 3 is 2.83 bits per heavy atom. The quantitative estimate of drug-likeness (QED) is 0.910. The Morgan fingerprint density at radius 1 is 1.43 bits per heavy atom. The summed E-state index contributed by atoms with van der Waals surface area (Å²) in [6, 6.07) is 4.21. The Kier molecular flexibility index (Phi) is 5.96. The van der Waals surface area contributed by atoms with Crippen molar-refractivity contribution < 1.29 is 9.53 Å². The van der Waals surface area contributed by atoms with Gasteiger partial charge in [-0.2, -0.15) is 0 Å². The van der Waals surface area contributed by atoms with Crippen LogP contribution in [0, 0.1) is 0 Å². The van der Waals surface area contributed by atoms with Gasteiger partial charge in [0.25, 0.3) is 0 Å². The maximum atomic E-state index is 12.2. The standard InChI is InChI=1S/C17H28N4O2/c1-17(2,3)23-16(22)21-10-9-20(15(11-18)13-21)8-6-14-5-4-7-19-12-14/h4-5,7,12,15H,6,8-11,13,18H2,1-3H3. The first-order chi connectivity index (χ1) is 10.9. The molecule has 1 unspecified atom stereocenters. The molecule has 0 aromatic carbocycles. The normalized spacial score (nSPS) is 19.7. The summed E-state index contributed by atoms with van der Waals surface area (Å²) in [5.74, 6) is 0. The summed E-state index contributed by atoms with van der Waals surface area (Å²) in [7, 11) is 0. The van der Waals surface area contributed by atoms with Crippen LogP contribution in [0.3, 0.4) is 0 Å². The summed E-state index contributed by atoms with van der Waals surface area (Å²) in [6.45, 7) is 9.24. The van der Waals surface area contributed by atoms with Crippen LogP contribution in [-0.4, -0.2) is 65.2 Å². The number of pyridine rings is 1. The number of amides is 1. The maximum Gasteiger partial charge on any atom is 0.410 e. The van der Waals surface area contributed by atoms with Crippen molar-refractivity contribution >= 4 is 6.09 Å². The summed E-state index contributed by atoms with van der Waals surface area (Å²) >= 11 is 0. The molecule has 1 fully saturated rings. The fraction of sp³-hybridized carbons (Fsp3) is 0.647. The first-order valence-electron chi connectivity index (χ1n) is 8.20. The summed E-state index contributed by atoms with van der Waals surface area (Å²) in [5, 5.41) is 0. The lowest BCUT2D eigenvalue weighted by Crippen LogP contribution is -2.58. The molecular formula is C17H28N4O2. The van der Waals surface area contributed by atoms with Gasteiger partial charge in [0.05, 0.1) is 0 Å². The van der Waals surface area contributed by atoms with Gasteiger partial charge in [-0.25, -0.2) is 4.79 Å². The molecule has 128 valence electrons. The molecule has 1 saturated heterocycles. The van der Waals surface area contributed by atoms with Crippen LogP contribution in [0.5, 0.6) is 0 Å². The first-order valence-corrected chi connectivity index (χ1v) is 8.20. The van der Waals surface area contributed by atoms with Gasteiger partial charge in [0.15, 0.2) is 0 Å². The third-order valence-corrected chi connectivity index (χ3v) is 3.94. The highest BCUT2D eigenvalue weighted by atomic mass is 16.6. The van der Waals surface area contributed by atoms with E-state index in [0.29, 0.717) is 19.6 Å². The van der Waals surface area contributed by atoms with Gasteiger partial charge in [-0.05, 0) is 38.8 Å². The van der Waals surface area contributed by atoms with Crippen LogP contribution in [0.15, 0.2) is 24.5 Å². The van der Waals surface area contributed by atoms with E-state index in [4.69, 9.17) is 10.5 Å². The van der Waals surface area contributed by atoms with Crippen LogP contribution in [-0.2, 0) is 11.2 Å². The Bertz CT molecular complexity index is 501. The van der Waals surface area contributed by atoms with Crippen LogP contribution in [0.25, 0.3) is 0 Å². The smallest absolute Gasteiger partial charge is 0.410 e. The molecule has 0 bridgehead atoms. The lowest BCUT2D eigenvalue weighted by atomic mass is 10.1. The predicted molar refractivity (Wildman–Crippen MR) is 90.2 cm³/mol. The molecule has 23 heavy (non-hydrogen) atoms. The van der Waals surface area contributed by atoms with E-state index < -0.39 is 5.60 Å². The molecule has 0 radical (unpaired) electrons. The van der Waals surface area contributed by atoms with Crippen molar-refractivity contribution in [3.63, 3.8) is 0 Å². The lowest BCUT2D eigenvalue weighted by Gasteiger charge is -2.41. The molecule has 1 aromatic heterocycles. The molecule has 0 saturated carbocycles. The monoisotopic (exact) mass is 320 g/mol. The second-order valence-electron chi connectivity index (χ2n) is 6.96. The summed E-state index contributed by atoms with van der Waals surface area (Å²) in [4.78, 5) is 20.5. The molecule has 2 rings (SSSR count). The summed E-state index contributed by atoms with van der Waals surface area (Å²) in [5.41, 5.74) is 6.67. The van der Waals surface area contributed by atoms with E-state index in [-0.39, 0.29) is 12.1 Å². The number of rotatable bonds is 4. The molecule has 2 heterocycles. The van der Waals surface area contributed by atoms with E-state index in [0.717, 1.165) is 19.5 Å². The van der Waals surface area contributed by atoms with Gasteiger partial charge in [0.1, 0.15) is 5.60 Å². The fourth-order valence-electron chi connectivity index (χ4n) is 2.72. The van der Waals surface area contributed by atoms with E-state index in [1.165, 1.54) is 5.56 Å². The Hall–Kier alpha value is -1.66. The van der Waals surface area contributed by atoms with Crippen molar-refractivity contribution in [2.45, 2.75) is 38.8 Å². The third kappa shape index (κ3) is 5.48. The van der Waals surface area contributed by atoms with Gasteiger partial charge in [0, 0.05) is 51.2 Å². The highest BCUT2D eigenvalue weighted by molar-refractivity contribution is 5.68. The molecule has 0 aliphatic carbocycles. The minimum absolute atomic E-state index is 0.174. The molecule has 0 spiro atoms.